The fourth-order valence-electron chi connectivity index (χ4n) is 1.25. The van der Waals surface area contributed by atoms with E-state index in [0.29, 0.717) is 18.2 Å². The molecule has 0 aliphatic rings. The van der Waals surface area contributed by atoms with E-state index in [4.69, 9.17) is 0 Å². The van der Waals surface area contributed by atoms with Crippen molar-refractivity contribution in [3.8, 4) is 0 Å². The predicted molar refractivity (Wildman–Crippen MR) is 55.2 cm³/mol. The predicted octanol–water partition coefficient (Wildman–Crippen LogP) is 2.04. The van der Waals surface area contributed by atoms with Crippen LogP contribution in [0.2, 0.25) is 0 Å². The minimum absolute atomic E-state index is 0.102. The lowest BCUT2D eigenvalue weighted by atomic mass is 10.1. The van der Waals surface area contributed by atoms with Crippen LogP contribution in [0.15, 0.2) is 6.07 Å². The molecule has 1 aromatic heterocycles. The van der Waals surface area contributed by atoms with Gasteiger partial charge in [0.25, 0.3) is 0 Å². The highest BCUT2D eigenvalue weighted by molar-refractivity contribution is 5.77. The number of carbonyl (C=O) groups is 1. The molecule has 0 saturated heterocycles. The van der Waals surface area contributed by atoms with Gasteiger partial charge < -0.3 is 0 Å². The summed E-state index contributed by atoms with van der Waals surface area (Å²) < 4.78 is 0. The van der Waals surface area contributed by atoms with Crippen molar-refractivity contribution in [3.63, 3.8) is 0 Å². The lowest BCUT2D eigenvalue weighted by Gasteiger charge is -2.07. The highest BCUT2D eigenvalue weighted by atomic mass is 16.1. The highest BCUT2D eigenvalue weighted by Gasteiger charge is 2.07. The molecule has 1 aromatic rings. The monoisotopic (exact) mass is 192 g/mol. The van der Waals surface area contributed by atoms with E-state index in [-0.39, 0.29) is 5.78 Å². The van der Waals surface area contributed by atoms with Crippen molar-refractivity contribution in [2.45, 2.75) is 40.0 Å². The second kappa shape index (κ2) is 4.31. The summed E-state index contributed by atoms with van der Waals surface area (Å²) in [4.78, 5) is 19.5. The molecule has 0 aliphatic carbocycles. The molecular formula is C11H16N2O. The zero-order chi connectivity index (χ0) is 10.7. The first-order valence-electron chi connectivity index (χ1n) is 4.83. The number of hydrogen-bond donors (Lipinski definition) is 0. The fraction of sp³-hybridized carbons (Fsp3) is 0.545. The molecule has 1 rings (SSSR count). The Morgan fingerprint density at radius 1 is 1.43 bits per heavy atom. The maximum atomic E-state index is 10.9. The first-order chi connectivity index (χ1) is 6.49. The van der Waals surface area contributed by atoms with Gasteiger partial charge in [-0.1, -0.05) is 13.8 Å². The molecule has 0 fully saturated rings. The highest BCUT2D eigenvalue weighted by Crippen LogP contribution is 2.12. The molecule has 0 amide bonds. The SMILES string of the molecule is CC(=O)Cc1nc(C)cc(C(C)C)n1. The van der Waals surface area contributed by atoms with E-state index in [1.165, 1.54) is 0 Å². The van der Waals surface area contributed by atoms with Crippen molar-refractivity contribution in [2.75, 3.05) is 0 Å². The second-order valence-corrected chi connectivity index (χ2v) is 3.88. The third kappa shape index (κ3) is 2.91. The van der Waals surface area contributed by atoms with Crippen LogP contribution in [-0.4, -0.2) is 15.8 Å². The van der Waals surface area contributed by atoms with Gasteiger partial charge in [0.05, 0.1) is 6.42 Å². The van der Waals surface area contributed by atoms with Gasteiger partial charge in [-0.05, 0) is 25.8 Å². The van der Waals surface area contributed by atoms with Gasteiger partial charge in [0, 0.05) is 11.4 Å². The molecule has 0 unspecified atom stereocenters. The lowest BCUT2D eigenvalue weighted by molar-refractivity contribution is -0.116. The molecule has 0 radical (unpaired) electrons. The fourth-order valence-corrected chi connectivity index (χ4v) is 1.25. The topological polar surface area (TPSA) is 42.9 Å². The van der Waals surface area contributed by atoms with Crippen LogP contribution in [0, 0.1) is 6.92 Å². The molecule has 0 bridgehead atoms. The summed E-state index contributed by atoms with van der Waals surface area (Å²) in [5.41, 5.74) is 1.94. The summed E-state index contributed by atoms with van der Waals surface area (Å²) in [5, 5.41) is 0. The molecule has 0 spiro atoms. The van der Waals surface area contributed by atoms with Gasteiger partial charge in [-0.2, -0.15) is 0 Å². The molecular weight excluding hydrogens is 176 g/mol. The van der Waals surface area contributed by atoms with E-state index >= 15 is 0 Å². The van der Waals surface area contributed by atoms with E-state index in [1.807, 2.05) is 13.0 Å². The Morgan fingerprint density at radius 3 is 2.57 bits per heavy atom. The van der Waals surface area contributed by atoms with E-state index in [0.717, 1.165) is 11.4 Å². The maximum absolute atomic E-state index is 10.9. The van der Waals surface area contributed by atoms with Crippen LogP contribution in [0.3, 0.4) is 0 Å². The van der Waals surface area contributed by atoms with Crippen molar-refractivity contribution in [3.05, 3.63) is 23.3 Å². The zero-order valence-electron chi connectivity index (χ0n) is 9.16. The molecule has 3 nitrogen and oxygen atoms in total. The Hall–Kier alpha value is -1.25. The summed E-state index contributed by atoms with van der Waals surface area (Å²) in [6, 6.07) is 1.97. The Labute approximate surface area is 84.6 Å². The Bertz CT molecular complexity index is 345. The van der Waals surface area contributed by atoms with E-state index in [2.05, 4.69) is 23.8 Å². The summed E-state index contributed by atoms with van der Waals surface area (Å²) in [6.07, 6.45) is 0.335. The number of Topliss-reactive ketones (excluding diaryl/α,β-unsaturated/α-hetero) is 1. The third-order valence-electron chi connectivity index (χ3n) is 1.92. The van der Waals surface area contributed by atoms with Crippen molar-refractivity contribution in [2.24, 2.45) is 0 Å². The summed E-state index contributed by atoms with van der Waals surface area (Å²) >= 11 is 0. The average molecular weight is 192 g/mol. The van der Waals surface area contributed by atoms with Crippen molar-refractivity contribution >= 4 is 5.78 Å². The Kier molecular flexibility index (Phi) is 3.33. The molecule has 14 heavy (non-hydrogen) atoms. The zero-order valence-corrected chi connectivity index (χ0v) is 9.16. The quantitative estimate of drug-likeness (QED) is 0.736. The smallest absolute Gasteiger partial charge is 0.137 e. The summed E-state index contributed by atoms with van der Waals surface area (Å²) in [6.45, 7) is 7.65. The van der Waals surface area contributed by atoms with Gasteiger partial charge in [-0.3, -0.25) is 4.79 Å². The lowest BCUT2D eigenvalue weighted by Crippen LogP contribution is -2.06. The van der Waals surface area contributed by atoms with Crippen LogP contribution in [-0.2, 0) is 11.2 Å². The molecule has 1 heterocycles. The molecule has 0 saturated carbocycles. The van der Waals surface area contributed by atoms with E-state index < -0.39 is 0 Å². The molecule has 0 aromatic carbocycles. The van der Waals surface area contributed by atoms with Crippen LogP contribution in [0.1, 0.15) is 43.9 Å². The standard InChI is InChI=1S/C11H16N2O/c1-7(2)10-5-8(3)12-11(13-10)6-9(4)14/h5,7H,6H2,1-4H3. The number of ketones is 1. The molecule has 3 heteroatoms. The first kappa shape index (κ1) is 10.8. The van der Waals surface area contributed by atoms with Gasteiger partial charge in [0.1, 0.15) is 11.6 Å². The average Bonchev–Trinajstić information content (AvgIpc) is 2.01. The third-order valence-corrected chi connectivity index (χ3v) is 1.92. The van der Waals surface area contributed by atoms with Crippen molar-refractivity contribution < 1.29 is 4.79 Å². The van der Waals surface area contributed by atoms with E-state index in [9.17, 15) is 4.79 Å². The first-order valence-corrected chi connectivity index (χ1v) is 4.83. The largest absolute Gasteiger partial charge is 0.300 e. The Balaban J connectivity index is 3.01. The number of aromatic nitrogens is 2. The number of nitrogens with zero attached hydrogens (tertiary/aromatic N) is 2. The van der Waals surface area contributed by atoms with Gasteiger partial charge in [-0.25, -0.2) is 9.97 Å². The van der Waals surface area contributed by atoms with Crippen molar-refractivity contribution in [1.29, 1.82) is 0 Å². The maximum Gasteiger partial charge on any atom is 0.137 e. The van der Waals surface area contributed by atoms with Gasteiger partial charge in [0.2, 0.25) is 0 Å². The van der Waals surface area contributed by atoms with Crippen LogP contribution in [0.4, 0.5) is 0 Å². The summed E-state index contributed by atoms with van der Waals surface area (Å²) in [7, 11) is 0. The normalized spacial score (nSPS) is 10.6. The van der Waals surface area contributed by atoms with Crippen molar-refractivity contribution in [1.82, 2.24) is 9.97 Å². The van der Waals surface area contributed by atoms with Gasteiger partial charge >= 0.3 is 0 Å². The van der Waals surface area contributed by atoms with Crippen LogP contribution < -0.4 is 0 Å². The Morgan fingerprint density at radius 2 is 2.07 bits per heavy atom. The van der Waals surface area contributed by atoms with Gasteiger partial charge in [-0.15, -0.1) is 0 Å². The number of carbonyl (C=O) groups excluding carboxylic acids is 1. The number of rotatable bonds is 3. The molecule has 76 valence electrons. The van der Waals surface area contributed by atoms with Gasteiger partial charge in [0.15, 0.2) is 0 Å². The summed E-state index contributed by atoms with van der Waals surface area (Å²) in [5.74, 6) is 1.12. The van der Waals surface area contributed by atoms with Crippen LogP contribution >= 0.6 is 0 Å². The number of aryl methyl sites for hydroxylation is 1. The molecule has 0 aliphatic heterocycles. The van der Waals surface area contributed by atoms with Crippen LogP contribution in [0.25, 0.3) is 0 Å². The minimum Gasteiger partial charge on any atom is -0.300 e. The van der Waals surface area contributed by atoms with Crippen LogP contribution in [0.5, 0.6) is 0 Å². The minimum atomic E-state index is 0.102. The second-order valence-electron chi connectivity index (χ2n) is 3.88. The molecule has 0 N–H and O–H groups in total. The number of hydrogen-bond acceptors (Lipinski definition) is 3. The van der Waals surface area contributed by atoms with E-state index in [1.54, 1.807) is 6.92 Å². The molecule has 0 atom stereocenters.